The Kier molecular flexibility index (Phi) is 4.24. The third-order valence-electron chi connectivity index (χ3n) is 2.61. The first kappa shape index (κ1) is 13.4. The molecule has 1 N–H and O–H groups in total. The van der Waals surface area contributed by atoms with Gasteiger partial charge in [0.05, 0.1) is 11.3 Å². The molecule has 0 heterocycles. The number of anilines is 2. The summed E-state index contributed by atoms with van der Waals surface area (Å²) in [5.41, 5.74) is 3.45. The molecule has 0 aliphatic carbocycles. The molecule has 0 aromatic heterocycles. The maximum absolute atomic E-state index is 11.5. The van der Waals surface area contributed by atoms with Gasteiger partial charge in [-0.2, -0.15) is 0 Å². The maximum Gasteiger partial charge on any atom is 0.224 e. The first-order valence-corrected chi connectivity index (χ1v) is 6.85. The zero-order valence-corrected chi connectivity index (χ0v) is 12.6. The molecule has 0 aliphatic heterocycles. The Morgan fingerprint density at radius 1 is 1.17 bits per heavy atom. The molecule has 2 rings (SSSR count). The quantitative estimate of drug-likeness (QED) is 0.610. The Bertz CT molecular complexity index is 598. The van der Waals surface area contributed by atoms with Gasteiger partial charge in [-0.3, -0.25) is 4.79 Å². The Labute approximate surface area is 124 Å². The molecule has 2 aromatic carbocycles. The molecule has 0 aliphatic rings. The van der Waals surface area contributed by atoms with Crippen molar-refractivity contribution in [3.05, 3.63) is 58.6 Å². The number of benzene rings is 2. The van der Waals surface area contributed by atoms with Crippen molar-refractivity contribution in [2.24, 2.45) is 0 Å². The zero-order valence-electron chi connectivity index (χ0n) is 9.71. The molecule has 0 saturated heterocycles. The van der Waals surface area contributed by atoms with Crippen LogP contribution in [0.3, 0.4) is 0 Å². The number of rotatable bonds is 3. The van der Waals surface area contributed by atoms with Crippen LogP contribution in [0.1, 0.15) is 15.9 Å². The number of carbonyl (C=O) groups is 1. The number of hydrogen-bond donors (Lipinski definition) is 1. The molecule has 0 saturated carbocycles. The van der Waals surface area contributed by atoms with Crippen LogP contribution in [0.15, 0.2) is 42.5 Å². The van der Waals surface area contributed by atoms with Crippen molar-refractivity contribution in [3.63, 3.8) is 0 Å². The molecule has 0 atom stereocenters. The van der Waals surface area contributed by atoms with E-state index in [4.69, 9.17) is 11.6 Å². The fourth-order valence-electron chi connectivity index (χ4n) is 1.64. The van der Waals surface area contributed by atoms with Crippen molar-refractivity contribution in [1.29, 1.82) is 0 Å². The van der Waals surface area contributed by atoms with Gasteiger partial charge in [-0.25, -0.2) is 0 Å². The van der Waals surface area contributed by atoms with Gasteiger partial charge in [-0.05, 0) is 36.8 Å². The van der Waals surface area contributed by atoms with Gasteiger partial charge in [0.15, 0.2) is 0 Å². The number of carbonyl (C=O) groups excluding carboxylic acids is 1. The van der Waals surface area contributed by atoms with Crippen LogP contribution in [0.4, 0.5) is 11.4 Å². The minimum atomic E-state index is 0.00961. The fraction of sp³-hybridized carbons (Fsp3) is 0.0714. The van der Waals surface area contributed by atoms with Crippen molar-refractivity contribution >= 4 is 49.4 Å². The number of para-hydroxylation sites is 1. The number of hydrogen-bond acceptors (Lipinski definition) is 2. The standard InChI is InChI=1S/C14H11ClINO/c1-9-6-7-10(15)8-13(9)17-12-5-3-2-4-11(12)14(16)18/h2-8,17H,1H3. The monoisotopic (exact) mass is 371 g/mol. The minimum absolute atomic E-state index is 0.00961. The highest BCUT2D eigenvalue weighted by molar-refractivity contribution is 14.1. The second kappa shape index (κ2) is 5.71. The van der Waals surface area contributed by atoms with Crippen LogP contribution in [-0.4, -0.2) is 3.79 Å². The van der Waals surface area contributed by atoms with E-state index < -0.39 is 0 Å². The highest BCUT2D eigenvalue weighted by Gasteiger charge is 2.08. The van der Waals surface area contributed by atoms with Crippen LogP contribution in [0.5, 0.6) is 0 Å². The smallest absolute Gasteiger partial charge is 0.224 e. The molecular formula is C14H11ClINO. The molecule has 0 radical (unpaired) electrons. The van der Waals surface area contributed by atoms with Crippen molar-refractivity contribution < 1.29 is 4.79 Å². The zero-order chi connectivity index (χ0) is 13.1. The second-order valence-corrected chi connectivity index (χ2v) is 5.32. The third kappa shape index (κ3) is 3.03. The lowest BCUT2D eigenvalue weighted by Crippen LogP contribution is -1.99. The van der Waals surface area contributed by atoms with Gasteiger partial charge in [0.2, 0.25) is 3.79 Å². The van der Waals surface area contributed by atoms with E-state index in [1.54, 1.807) is 28.7 Å². The van der Waals surface area contributed by atoms with Crippen molar-refractivity contribution in [2.75, 3.05) is 5.32 Å². The molecule has 0 spiro atoms. The molecule has 0 bridgehead atoms. The molecule has 18 heavy (non-hydrogen) atoms. The van der Waals surface area contributed by atoms with Crippen LogP contribution < -0.4 is 5.32 Å². The average molecular weight is 372 g/mol. The van der Waals surface area contributed by atoms with Crippen molar-refractivity contribution in [2.45, 2.75) is 6.92 Å². The molecule has 0 fully saturated rings. The summed E-state index contributed by atoms with van der Waals surface area (Å²) in [5.74, 6) is 0. The molecule has 92 valence electrons. The van der Waals surface area contributed by atoms with Crippen LogP contribution in [0.25, 0.3) is 0 Å². The average Bonchev–Trinajstić information content (AvgIpc) is 2.34. The van der Waals surface area contributed by atoms with Gasteiger partial charge < -0.3 is 5.32 Å². The molecule has 2 aromatic rings. The summed E-state index contributed by atoms with van der Waals surface area (Å²) in [5, 5.41) is 3.92. The lowest BCUT2D eigenvalue weighted by Gasteiger charge is -2.12. The van der Waals surface area contributed by atoms with Gasteiger partial charge in [-0.15, -0.1) is 0 Å². The van der Waals surface area contributed by atoms with Gasteiger partial charge >= 0.3 is 0 Å². The number of nitrogens with one attached hydrogen (secondary N) is 1. The molecule has 0 unspecified atom stereocenters. The van der Waals surface area contributed by atoms with Gasteiger partial charge in [0.1, 0.15) is 0 Å². The Balaban J connectivity index is 2.40. The van der Waals surface area contributed by atoms with E-state index >= 15 is 0 Å². The lowest BCUT2D eigenvalue weighted by molar-refractivity contribution is 0.110. The summed E-state index contributed by atoms with van der Waals surface area (Å²) >= 11 is 7.76. The predicted molar refractivity (Wildman–Crippen MR) is 84.3 cm³/mol. The first-order valence-electron chi connectivity index (χ1n) is 5.40. The molecular weight excluding hydrogens is 361 g/mol. The van der Waals surface area contributed by atoms with Crippen LogP contribution >= 0.6 is 34.2 Å². The maximum atomic E-state index is 11.5. The Morgan fingerprint density at radius 3 is 2.61 bits per heavy atom. The van der Waals surface area contributed by atoms with Crippen molar-refractivity contribution in [3.8, 4) is 0 Å². The van der Waals surface area contributed by atoms with Crippen LogP contribution in [0, 0.1) is 6.92 Å². The topological polar surface area (TPSA) is 29.1 Å². The van der Waals surface area contributed by atoms with Gasteiger partial charge in [0.25, 0.3) is 0 Å². The highest BCUT2D eigenvalue weighted by Crippen LogP contribution is 2.27. The van der Waals surface area contributed by atoms with Crippen LogP contribution in [0.2, 0.25) is 5.02 Å². The lowest BCUT2D eigenvalue weighted by atomic mass is 10.1. The van der Waals surface area contributed by atoms with Gasteiger partial charge in [-0.1, -0.05) is 29.8 Å². The summed E-state index contributed by atoms with van der Waals surface area (Å²) in [6, 6.07) is 13.1. The molecule has 4 heteroatoms. The van der Waals surface area contributed by atoms with E-state index in [-0.39, 0.29) is 3.79 Å². The largest absolute Gasteiger partial charge is 0.355 e. The third-order valence-corrected chi connectivity index (χ3v) is 3.42. The summed E-state index contributed by atoms with van der Waals surface area (Å²) < 4.78 is 0.00961. The summed E-state index contributed by atoms with van der Waals surface area (Å²) in [6.45, 7) is 1.99. The highest BCUT2D eigenvalue weighted by atomic mass is 127. The van der Waals surface area contributed by atoms with E-state index in [0.29, 0.717) is 10.6 Å². The molecule has 0 amide bonds. The SMILES string of the molecule is Cc1ccc(Cl)cc1Nc1ccccc1C(=O)I. The van der Waals surface area contributed by atoms with E-state index in [1.807, 2.05) is 43.3 Å². The Hall–Kier alpha value is -1.07. The van der Waals surface area contributed by atoms with Crippen molar-refractivity contribution in [1.82, 2.24) is 0 Å². The summed E-state index contributed by atoms with van der Waals surface area (Å²) in [6.07, 6.45) is 0. The fourth-order valence-corrected chi connectivity index (χ4v) is 2.28. The van der Waals surface area contributed by atoms with E-state index in [0.717, 1.165) is 16.9 Å². The van der Waals surface area contributed by atoms with Crippen LogP contribution in [-0.2, 0) is 0 Å². The number of halogens is 2. The van der Waals surface area contributed by atoms with E-state index in [9.17, 15) is 4.79 Å². The Morgan fingerprint density at radius 2 is 1.89 bits per heavy atom. The predicted octanol–water partition coefficient (Wildman–Crippen LogP) is 4.97. The number of aryl methyl sites for hydroxylation is 1. The normalized spacial score (nSPS) is 10.2. The summed E-state index contributed by atoms with van der Waals surface area (Å²) in [4.78, 5) is 11.5. The second-order valence-electron chi connectivity index (χ2n) is 3.90. The minimum Gasteiger partial charge on any atom is -0.355 e. The molecule has 2 nitrogen and oxygen atoms in total. The van der Waals surface area contributed by atoms with E-state index in [1.165, 1.54) is 0 Å². The van der Waals surface area contributed by atoms with E-state index in [2.05, 4.69) is 5.32 Å². The van der Waals surface area contributed by atoms with Gasteiger partial charge in [0, 0.05) is 33.3 Å². The summed E-state index contributed by atoms with van der Waals surface area (Å²) in [7, 11) is 0. The first-order chi connectivity index (χ1) is 8.58.